The Balaban J connectivity index is 1.90. The normalized spacial score (nSPS) is 12.9. The molecule has 0 saturated carbocycles. The average molecular weight is 236 g/mol. The predicted octanol–water partition coefficient (Wildman–Crippen LogP) is 2.21. The van der Waals surface area contributed by atoms with E-state index in [9.17, 15) is 0 Å². The van der Waals surface area contributed by atoms with Gasteiger partial charge in [0.2, 0.25) is 0 Å². The van der Waals surface area contributed by atoms with Crippen LogP contribution >= 0.6 is 11.3 Å². The Bertz CT molecular complexity index is 421. The summed E-state index contributed by atoms with van der Waals surface area (Å²) in [4.78, 5) is 4.24. The van der Waals surface area contributed by atoms with E-state index in [1.165, 1.54) is 5.56 Å². The summed E-state index contributed by atoms with van der Waals surface area (Å²) in [7, 11) is 0. The van der Waals surface area contributed by atoms with E-state index in [4.69, 9.17) is 0 Å². The molecule has 2 rings (SSSR count). The lowest BCUT2D eigenvalue weighted by atomic mass is 10.2. The molecule has 2 heterocycles. The Labute approximate surface area is 99.3 Å². The third kappa shape index (κ3) is 2.68. The van der Waals surface area contributed by atoms with Crippen LogP contribution in [0.5, 0.6) is 0 Å². The molecule has 16 heavy (non-hydrogen) atoms. The Morgan fingerprint density at radius 3 is 3.06 bits per heavy atom. The average Bonchev–Trinajstić information content (AvgIpc) is 2.96. The molecular weight excluding hydrogens is 220 g/mol. The summed E-state index contributed by atoms with van der Waals surface area (Å²) < 4.78 is 1.94. The fraction of sp³-hybridized carbons (Fsp3) is 0.455. The molecule has 1 unspecified atom stereocenters. The lowest BCUT2D eigenvalue weighted by Crippen LogP contribution is -2.17. The van der Waals surface area contributed by atoms with Crippen molar-refractivity contribution < 1.29 is 0 Å². The molecule has 2 aromatic heterocycles. The summed E-state index contributed by atoms with van der Waals surface area (Å²) in [5.74, 6) is 0. The predicted molar refractivity (Wildman–Crippen MR) is 65.3 cm³/mol. The van der Waals surface area contributed by atoms with Crippen molar-refractivity contribution in [1.29, 1.82) is 0 Å². The second kappa shape index (κ2) is 5.23. The van der Waals surface area contributed by atoms with Gasteiger partial charge in [-0.15, -0.1) is 11.3 Å². The van der Waals surface area contributed by atoms with Crippen molar-refractivity contribution in [2.24, 2.45) is 0 Å². The quantitative estimate of drug-likeness (QED) is 0.865. The molecule has 0 fully saturated rings. The number of aromatic nitrogens is 3. The molecule has 0 saturated heterocycles. The van der Waals surface area contributed by atoms with Crippen LogP contribution in [0.3, 0.4) is 0 Å². The largest absolute Gasteiger partial charge is 0.304 e. The van der Waals surface area contributed by atoms with E-state index in [-0.39, 0.29) is 0 Å². The van der Waals surface area contributed by atoms with Crippen LogP contribution in [0.15, 0.2) is 24.0 Å². The molecule has 0 amide bonds. The molecule has 0 spiro atoms. The highest BCUT2D eigenvalue weighted by atomic mass is 32.1. The van der Waals surface area contributed by atoms with E-state index in [0.29, 0.717) is 6.04 Å². The molecule has 0 aliphatic carbocycles. The van der Waals surface area contributed by atoms with Crippen LogP contribution in [0.25, 0.3) is 0 Å². The Kier molecular flexibility index (Phi) is 3.69. The highest BCUT2D eigenvalue weighted by molar-refractivity contribution is 7.09. The molecule has 86 valence electrons. The van der Waals surface area contributed by atoms with E-state index < -0.39 is 0 Å². The number of hydrogen-bond acceptors (Lipinski definition) is 4. The Morgan fingerprint density at radius 2 is 2.44 bits per heavy atom. The maximum atomic E-state index is 4.26. The first-order valence-electron chi connectivity index (χ1n) is 5.43. The number of rotatable bonds is 5. The van der Waals surface area contributed by atoms with Gasteiger partial charge in [0.15, 0.2) is 0 Å². The smallest absolute Gasteiger partial charge is 0.106 e. The third-order valence-corrected chi connectivity index (χ3v) is 3.30. The zero-order chi connectivity index (χ0) is 11.4. The topological polar surface area (TPSA) is 42.7 Å². The highest BCUT2D eigenvalue weighted by Crippen LogP contribution is 2.12. The second-order valence-corrected chi connectivity index (χ2v) is 4.64. The molecule has 0 aliphatic heterocycles. The molecule has 1 N–H and O–H groups in total. The van der Waals surface area contributed by atoms with Gasteiger partial charge >= 0.3 is 0 Å². The first kappa shape index (κ1) is 11.3. The van der Waals surface area contributed by atoms with Crippen molar-refractivity contribution >= 4 is 11.3 Å². The van der Waals surface area contributed by atoms with E-state index in [2.05, 4.69) is 35.4 Å². The number of nitrogens with zero attached hydrogens (tertiary/aromatic N) is 3. The van der Waals surface area contributed by atoms with Crippen molar-refractivity contribution in [2.45, 2.75) is 33.0 Å². The van der Waals surface area contributed by atoms with Gasteiger partial charge in [0.25, 0.3) is 0 Å². The molecule has 1 atom stereocenters. The number of thiazole rings is 1. The van der Waals surface area contributed by atoms with E-state index in [0.717, 1.165) is 18.1 Å². The highest BCUT2D eigenvalue weighted by Gasteiger charge is 2.07. The molecule has 5 heteroatoms. The van der Waals surface area contributed by atoms with Crippen LogP contribution < -0.4 is 5.32 Å². The summed E-state index contributed by atoms with van der Waals surface area (Å²) in [6.45, 7) is 5.96. The molecule has 0 aliphatic rings. The van der Waals surface area contributed by atoms with Crippen LogP contribution in [-0.4, -0.2) is 14.8 Å². The van der Waals surface area contributed by atoms with Gasteiger partial charge in [0.05, 0.1) is 6.20 Å². The molecular formula is C11H16N4S. The summed E-state index contributed by atoms with van der Waals surface area (Å²) in [6, 6.07) is 0.309. The molecule has 4 nitrogen and oxygen atoms in total. The molecule has 2 aromatic rings. The summed E-state index contributed by atoms with van der Waals surface area (Å²) >= 11 is 1.68. The van der Waals surface area contributed by atoms with Gasteiger partial charge in [-0.25, -0.2) is 4.98 Å². The number of hydrogen-bond donors (Lipinski definition) is 1. The summed E-state index contributed by atoms with van der Waals surface area (Å²) in [5, 5.41) is 10.8. The van der Waals surface area contributed by atoms with Gasteiger partial charge in [-0.05, 0) is 13.8 Å². The fourth-order valence-corrected chi connectivity index (χ4v) is 2.04. The van der Waals surface area contributed by atoms with E-state index in [1.54, 1.807) is 11.3 Å². The molecule has 0 aromatic carbocycles. The van der Waals surface area contributed by atoms with E-state index >= 15 is 0 Å². The van der Waals surface area contributed by atoms with Gasteiger partial charge in [-0.2, -0.15) is 5.10 Å². The zero-order valence-electron chi connectivity index (χ0n) is 9.55. The van der Waals surface area contributed by atoms with Gasteiger partial charge in [0, 0.05) is 42.5 Å². The van der Waals surface area contributed by atoms with Gasteiger partial charge in [0.1, 0.15) is 5.01 Å². The first-order valence-corrected chi connectivity index (χ1v) is 6.31. The molecule has 0 radical (unpaired) electrons. The Morgan fingerprint density at radius 1 is 1.56 bits per heavy atom. The van der Waals surface area contributed by atoms with Crippen molar-refractivity contribution in [1.82, 2.24) is 20.1 Å². The standard InChI is InChI=1S/C11H16N4S/c1-3-15-8-10(6-14-15)9(2)13-7-11-12-4-5-16-11/h4-6,8-9,13H,3,7H2,1-2H3. The summed E-state index contributed by atoms with van der Waals surface area (Å²) in [6.07, 6.45) is 5.84. The van der Waals surface area contributed by atoms with Crippen molar-refractivity contribution in [2.75, 3.05) is 0 Å². The van der Waals surface area contributed by atoms with E-state index in [1.807, 2.05) is 22.5 Å². The van der Waals surface area contributed by atoms with Crippen LogP contribution in [0.2, 0.25) is 0 Å². The minimum absolute atomic E-state index is 0.309. The minimum atomic E-state index is 0.309. The summed E-state index contributed by atoms with van der Waals surface area (Å²) in [5.41, 5.74) is 1.22. The van der Waals surface area contributed by atoms with Crippen LogP contribution in [-0.2, 0) is 13.1 Å². The van der Waals surface area contributed by atoms with Crippen molar-refractivity contribution in [3.05, 3.63) is 34.5 Å². The maximum Gasteiger partial charge on any atom is 0.106 e. The van der Waals surface area contributed by atoms with Gasteiger partial charge < -0.3 is 5.32 Å². The van der Waals surface area contributed by atoms with Crippen LogP contribution in [0.4, 0.5) is 0 Å². The van der Waals surface area contributed by atoms with Gasteiger partial charge in [-0.3, -0.25) is 4.68 Å². The lowest BCUT2D eigenvalue weighted by molar-refractivity contribution is 0.571. The lowest BCUT2D eigenvalue weighted by Gasteiger charge is -2.10. The van der Waals surface area contributed by atoms with Crippen LogP contribution in [0, 0.1) is 0 Å². The monoisotopic (exact) mass is 236 g/mol. The first-order chi connectivity index (χ1) is 7.79. The maximum absolute atomic E-state index is 4.26. The van der Waals surface area contributed by atoms with Crippen molar-refractivity contribution in [3.8, 4) is 0 Å². The molecule has 0 bridgehead atoms. The SMILES string of the molecule is CCn1cc(C(C)NCc2nccs2)cn1. The van der Waals surface area contributed by atoms with Gasteiger partial charge in [-0.1, -0.05) is 0 Å². The fourth-order valence-electron chi connectivity index (χ4n) is 1.47. The van der Waals surface area contributed by atoms with Crippen molar-refractivity contribution in [3.63, 3.8) is 0 Å². The second-order valence-electron chi connectivity index (χ2n) is 3.66. The minimum Gasteiger partial charge on any atom is -0.304 e. The Hall–Kier alpha value is -1.20. The third-order valence-electron chi connectivity index (χ3n) is 2.52. The zero-order valence-corrected chi connectivity index (χ0v) is 10.4. The van der Waals surface area contributed by atoms with Crippen LogP contribution in [0.1, 0.15) is 30.5 Å². The number of aryl methyl sites for hydroxylation is 1. The number of nitrogens with one attached hydrogen (secondary N) is 1.